The molecule has 0 aromatic heterocycles. The molecule has 28 heavy (non-hydrogen) atoms. The van der Waals surface area contributed by atoms with Gasteiger partial charge < -0.3 is 9.84 Å². The number of aliphatic hydroxyl groups is 1. The van der Waals surface area contributed by atoms with Crippen LogP contribution < -0.4 is 0 Å². The fourth-order valence-electron chi connectivity index (χ4n) is 3.65. The van der Waals surface area contributed by atoms with Gasteiger partial charge in [0.1, 0.15) is 5.92 Å². The van der Waals surface area contributed by atoms with Crippen molar-refractivity contribution in [2.45, 2.75) is 18.4 Å². The topological polar surface area (TPSA) is 80.7 Å². The fourth-order valence-corrected chi connectivity index (χ4v) is 4.18. The molecule has 0 saturated heterocycles. The summed E-state index contributed by atoms with van der Waals surface area (Å²) in [5, 5.41) is 11.2. The van der Waals surface area contributed by atoms with Gasteiger partial charge in [0.15, 0.2) is 11.6 Å². The Kier molecular flexibility index (Phi) is 6.17. The molecule has 1 aliphatic rings. The highest BCUT2D eigenvalue weighted by molar-refractivity contribution is 9.10. The highest BCUT2D eigenvalue weighted by Gasteiger charge is 2.51. The van der Waals surface area contributed by atoms with Gasteiger partial charge in [-0.15, -0.1) is 0 Å². The van der Waals surface area contributed by atoms with Crippen LogP contribution in [0.2, 0.25) is 0 Å². The monoisotopic (exact) mass is 508 g/mol. The van der Waals surface area contributed by atoms with Gasteiger partial charge in [-0.3, -0.25) is 14.4 Å². The number of benzene rings is 2. The molecule has 2 aromatic carbocycles. The smallest absolute Gasteiger partial charge is 0.316 e. The summed E-state index contributed by atoms with van der Waals surface area (Å²) in [5.41, 5.74) is -0.631. The Bertz CT molecular complexity index is 907. The minimum atomic E-state index is -1.53. The Hall–Kier alpha value is -1.83. The number of carbonyl (C=O) groups excluding carboxylic acids is 3. The fraction of sp³-hybridized carbons (Fsp3) is 0.286. The second-order valence-electron chi connectivity index (χ2n) is 6.86. The van der Waals surface area contributed by atoms with Gasteiger partial charge in [0.2, 0.25) is 0 Å². The molecule has 0 radical (unpaired) electrons. The molecule has 0 bridgehead atoms. The van der Waals surface area contributed by atoms with Crippen LogP contribution in [0.1, 0.15) is 28.8 Å². The third kappa shape index (κ3) is 4.11. The van der Waals surface area contributed by atoms with E-state index in [1.54, 1.807) is 48.5 Å². The van der Waals surface area contributed by atoms with E-state index in [2.05, 4.69) is 31.9 Å². The lowest BCUT2D eigenvalue weighted by molar-refractivity contribution is -0.157. The Morgan fingerprint density at radius 3 is 2.11 bits per heavy atom. The van der Waals surface area contributed by atoms with Crippen molar-refractivity contribution in [1.82, 2.24) is 0 Å². The lowest BCUT2D eigenvalue weighted by Crippen LogP contribution is -2.48. The summed E-state index contributed by atoms with van der Waals surface area (Å²) < 4.78 is 6.41. The first kappa shape index (κ1) is 20.9. The Morgan fingerprint density at radius 2 is 1.57 bits per heavy atom. The zero-order valence-electron chi connectivity index (χ0n) is 15.0. The van der Waals surface area contributed by atoms with Crippen LogP contribution in [0.5, 0.6) is 0 Å². The van der Waals surface area contributed by atoms with Crippen molar-refractivity contribution in [1.29, 1.82) is 0 Å². The van der Waals surface area contributed by atoms with Crippen LogP contribution in [0.3, 0.4) is 0 Å². The number of halogens is 2. The Labute approximate surface area is 179 Å². The van der Waals surface area contributed by atoms with Crippen molar-refractivity contribution in [3.05, 3.63) is 68.6 Å². The molecule has 1 saturated carbocycles. The number of ketones is 2. The van der Waals surface area contributed by atoms with Gasteiger partial charge in [-0.05, 0) is 36.2 Å². The SMILES string of the molecule is COC(=O)[C@H]1C(=O)C[C@](O)(c2ccc(Br)cc2)C[C@@H]1C(=O)c1ccc(Br)cc1. The van der Waals surface area contributed by atoms with E-state index in [0.717, 1.165) is 8.95 Å². The van der Waals surface area contributed by atoms with Crippen LogP contribution in [-0.2, 0) is 19.9 Å². The first-order valence-corrected chi connectivity index (χ1v) is 10.2. The summed E-state index contributed by atoms with van der Waals surface area (Å²) >= 11 is 6.66. The maximum Gasteiger partial charge on any atom is 0.316 e. The average molecular weight is 510 g/mol. The number of ether oxygens (including phenoxy) is 1. The van der Waals surface area contributed by atoms with Crippen molar-refractivity contribution in [2.75, 3.05) is 7.11 Å². The van der Waals surface area contributed by atoms with Crippen molar-refractivity contribution in [2.24, 2.45) is 11.8 Å². The van der Waals surface area contributed by atoms with Gasteiger partial charge in [-0.1, -0.05) is 56.1 Å². The van der Waals surface area contributed by atoms with Gasteiger partial charge >= 0.3 is 5.97 Å². The first-order valence-electron chi connectivity index (χ1n) is 8.64. The highest BCUT2D eigenvalue weighted by Crippen LogP contribution is 2.43. The average Bonchev–Trinajstić information content (AvgIpc) is 2.67. The van der Waals surface area contributed by atoms with Crippen molar-refractivity contribution < 1.29 is 24.2 Å². The normalized spacial score (nSPS) is 24.6. The molecule has 0 unspecified atom stereocenters. The number of hydrogen-bond donors (Lipinski definition) is 1. The lowest BCUT2D eigenvalue weighted by atomic mass is 9.66. The van der Waals surface area contributed by atoms with E-state index >= 15 is 0 Å². The highest BCUT2D eigenvalue weighted by atomic mass is 79.9. The van der Waals surface area contributed by atoms with Crippen molar-refractivity contribution in [3.63, 3.8) is 0 Å². The van der Waals surface area contributed by atoms with Crippen molar-refractivity contribution >= 4 is 49.4 Å². The van der Waals surface area contributed by atoms with Gasteiger partial charge in [0.25, 0.3) is 0 Å². The number of rotatable bonds is 4. The summed E-state index contributed by atoms with van der Waals surface area (Å²) in [6.07, 6.45) is -0.298. The third-order valence-corrected chi connectivity index (χ3v) is 6.13. The van der Waals surface area contributed by atoms with Crippen LogP contribution in [-0.4, -0.2) is 29.8 Å². The molecule has 0 aliphatic heterocycles. The molecule has 0 heterocycles. The molecule has 0 spiro atoms. The number of hydrogen-bond acceptors (Lipinski definition) is 5. The molecule has 0 amide bonds. The molecule has 3 atom stereocenters. The summed E-state index contributed by atoms with van der Waals surface area (Å²) in [7, 11) is 1.19. The maximum absolute atomic E-state index is 13.2. The zero-order chi connectivity index (χ0) is 20.5. The quantitative estimate of drug-likeness (QED) is 0.382. The van der Waals surface area contributed by atoms with Gasteiger partial charge in [0.05, 0.1) is 12.7 Å². The van der Waals surface area contributed by atoms with Crippen LogP contribution in [0.4, 0.5) is 0 Å². The molecule has 1 aliphatic carbocycles. The molecule has 7 heteroatoms. The molecule has 1 N–H and O–H groups in total. The Morgan fingerprint density at radius 1 is 1.04 bits per heavy atom. The van der Waals surface area contributed by atoms with Crippen LogP contribution in [0.25, 0.3) is 0 Å². The second-order valence-corrected chi connectivity index (χ2v) is 8.70. The van der Waals surface area contributed by atoms with E-state index in [0.29, 0.717) is 11.1 Å². The zero-order valence-corrected chi connectivity index (χ0v) is 18.2. The number of esters is 1. The molecule has 2 aromatic rings. The van der Waals surface area contributed by atoms with Gasteiger partial charge in [-0.25, -0.2) is 0 Å². The van der Waals surface area contributed by atoms with Crippen LogP contribution in [0.15, 0.2) is 57.5 Å². The van der Waals surface area contributed by atoms with Crippen molar-refractivity contribution in [3.8, 4) is 0 Å². The van der Waals surface area contributed by atoms with E-state index in [-0.39, 0.29) is 18.6 Å². The van der Waals surface area contributed by atoms with E-state index in [4.69, 9.17) is 4.74 Å². The van der Waals surface area contributed by atoms with E-state index in [9.17, 15) is 19.5 Å². The van der Waals surface area contributed by atoms with E-state index < -0.39 is 29.2 Å². The standard InChI is InChI=1S/C21H18Br2O5/c1-28-20(26)18-16(19(25)12-2-6-14(22)7-3-12)10-21(27,11-17(18)24)13-4-8-15(23)9-5-13/h2-9,16,18,27H,10-11H2,1H3/t16-,18+,21-/m0/s1. The molecule has 1 fully saturated rings. The van der Waals surface area contributed by atoms with E-state index in [1.165, 1.54) is 7.11 Å². The summed E-state index contributed by atoms with van der Waals surface area (Å²) in [6, 6.07) is 13.6. The Balaban J connectivity index is 2.01. The lowest BCUT2D eigenvalue weighted by Gasteiger charge is -2.39. The molecule has 3 rings (SSSR count). The van der Waals surface area contributed by atoms with E-state index in [1.807, 2.05) is 0 Å². The molecule has 146 valence electrons. The van der Waals surface area contributed by atoms with Crippen LogP contribution >= 0.6 is 31.9 Å². The molecule has 5 nitrogen and oxygen atoms in total. The summed E-state index contributed by atoms with van der Waals surface area (Å²) in [5.74, 6) is -3.86. The van der Waals surface area contributed by atoms with Gasteiger partial charge in [-0.2, -0.15) is 0 Å². The minimum Gasteiger partial charge on any atom is -0.468 e. The predicted octanol–water partition coefficient (Wildman–Crippen LogP) is 4.05. The summed E-state index contributed by atoms with van der Waals surface area (Å²) in [4.78, 5) is 38.3. The summed E-state index contributed by atoms with van der Waals surface area (Å²) in [6.45, 7) is 0. The first-order chi connectivity index (χ1) is 13.2. The predicted molar refractivity (Wildman–Crippen MR) is 110 cm³/mol. The maximum atomic E-state index is 13.2. The number of carbonyl (C=O) groups is 3. The number of methoxy groups -OCH3 is 1. The third-order valence-electron chi connectivity index (χ3n) is 5.08. The largest absolute Gasteiger partial charge is 0.468 e. The number of Topliss-reactive ketones (excluding diaryl/α,β-unsaturated/α-hetero) is 2. The molecular formula is C21H18Br2O5. The van der Waals surface area contributed by atoms with Crippen LogP contribution in [0, 0.1) is 11.8 Å². The minimum absolute atomic E-state index is 0.0466. The second kappa shape index (κ2) is 8.27. The van der Waals surface area contributed by atoms with Gasteiger partial charge in [0, 0.05) is 26.8 Å². The molecular weight excluding hydrogens is 492 g/mol.